The number of rotatable bonds is 3. The molecule has 3 heterocycles. The van der Waals surface area contributed by atoms with Crippen molar-refractivity contribution in [3.63, 3.8) is 0 Å². The molecule has 2 saturated heterocycles. The number of thiazole rings is 1. The zero-order chi connectivity index (χ0) is 10.8. The fourth-order valence-electron chi connectivity index (χ4n) is 2.49. The maximum Gasteiger partial charge on any atom is 0.0795 e. The van der Waals surface area contributed by atoms with Crippen molar-refractivity contribution in [2.75, 3.05) is 39.3 Å². The van der Waals surface area contributed by atoms with Crippen molar-refractivity contribution in [1.82, 2.24) is 20.1 Å². The van der Waals surface area contributed by atoms with Crippen LogP contribution in [-0.4, -0.2) is 60.1 Å². The molecule has 0 atom stereocenters. The Morgan fingerprint density at radius 2 is 2.19 bits per heavy atom. The minimum Gasteiger partial charge on any atom is -0.314 e. The molecule has 2 fully saturated rings. The average molecular weight is 238 g/mol. The van der Waals surface area contributed by atoms with Gasteiger partial charge in [-0.05, 0) is 0 Å². The van der Waals surface area contributed by atoms with E-state index in [2.05, 4.69) is 25.5 Å². The summed E-state index contributed by atoms with van der Waals surface area (Å²) in [5.41, 5.74) is 3.15. The van der Waals surface area contributed by atoms with Gasteiger partial charge in [0.1, 0.15) is 0 Å². The summed E-state index contributed by atoms with van der Waals surface area (Å²) in [4.78, 5) is 9.44. The van der Waals surface area contributed by atoms with Gasteiger partial charge in [-0.1, -0.05) is 0 Å². The van der Waals surface area contributed by atoms with Crippen LogP contribution < -0.4 is 5.32 Å². The molecule has 4 nitrogen and oxygen atoms in total. The highest BCUT2D eigenvalue weighted by Crippen LogP contribution is 2.18. The van der Waals surface area contributed by atoms with E-state index in [0.717, 1.165) is 25.7 Å². The van der Waals surface area contributed by atoms with Gasteiger partial charge in [-0.15, -0.1) is 11.3 Å². The molecule has 0 aromatic carbocycles. The molecular formula is C11H18N4S. The van der Waals surface area contributed by atoms with Gasteiger partial charge in [0.2, 0.25) is 0 Å². The summed E-state index contributed by atoms with van der Waals surface area (Å²) < 4.78 is 0. The van der Waals surface area contributed by atoms with Crippen molar-refractivity contribution in [3.8, 4) is 0 Å². The standard InChI is InChI=1S/C11H18N4S/c1-3-15(4-2-12-1)11-6-14(7-11)5-10-8-16-9-13-10/h8-9,11-12H,1-7H2. The minimum atomic E-state index is 0.792. The van der Waals surface area contributed by atoms with Crippen LogP contribution in [0.15, 0.2) is 10.9 Å². The van der Waals surface area contributed by atoms with Crippen molar-refractivity contribution in [3.05, 3.63) is 16.6 Å². The van der Waals surface area contributed by atoms with Gasteiger partial charge in [0.25, 0.3) is 0 Å². The zero-order valence-electron chi connectivity index (χ0n) is 9.43. The largest absolute Gasteiger partial charge is 0.314 e. The smallest absolute Gasteiger partial charge is 0.0795 e. The quantitative estimate of drug-likeness (QED) is 0.817. The van der Waals surface area contributed by atoms with Crippen LogP contribution in [0.4, 0.5) is 0 Å². The SMILES string of the molecule is c1nc(CN2CC(N3CCNCC3)C2)cs1. The molecule has 5 heteroatoms. The van der Waals surface area contributed by atoms with Gasteiger partial charge in [-0.3, -0.25) is 9.80 Å². The van der Waals surface area contributed by atoms with E-state index in [1.165, 1.54) is 31.9 Å². The van der Waals surface area contributed by atoms with E-state index in [1.54, 1.807) is 11.3 Å². The molecule has 0 bridgehead atoms. The highest BCUT2D eigenvalue weighted by Gasteiger charge is 2.32. The molecule has 0 unspecified atom stereocenters. The van der Waals surface area contributed by atoms with Crippen LogP contribution in [0.3, 0.4) is 0 Å². The third kappa shape index (κ3) is 2.27. The predicted octanol–water partition coefficient (Wildman–Crippen LogP) is 0.233. The number of hydrogen-bond acceptors (Lipinski definition) is 5. The maximum absolute atomic E-state index is 4.33. The molecule has 2 aliphatic heterocycles. The fraction of sp³-hybridized carbons (Fsp3) is 0.727. The highest BCUT2D eigenvalue weighted by molar-refractivity contribution is 7.07. The Kier molecular flexibility index (Phi) is 3.19. The molecule has 2 aliphatic rings. The first-order valence-electron chi connectivity index (χ1n) is 5.96. The van der Waals surface area contributed by atoms with E-state index in [1.807, 2.05) is 5.51 Å². The van der Waals surface area contributed by atoms with Gasteiger partial charge in [0, 0.05) is 57.2 Å². The molecule has 0 saturated carbocycles. The fourth-order valence-corrected chi connectivity index (χ4v) is 3.04. The van der Waals surface area contributed by atoms with E-state index in [4.69, 9.17) is 0 Å². The van der Waals surface area contributed by atoms with Crippen molar-refractivity contribution in [2.24, 2.45) is 0 Å². The summed E-state index contributed by atoms with van der Waals surface area (Å²) in [5, 5.41) is 5.55. The van der Waals surface area contributed by atoms with E-state index in [0.29, 0.717) is 0 Å². The van der Waals surface area contributed by atoms with Crippen molar-refractivity contribution in [1.29, 1.82) is 0 Å². The van der Waals surface area contributed by atoms with Crippen LogP contribution in [0.5, 0.6) is 0 Å². The number of likely N-dealkylation sites (tertiary alicyclic amines) is 1. The second-order valence-corrected chi connectivity index (χ2v) is 5.33. The molecule has 3 rings (SSSR count). The third-order valence-corrected chi connectivity index (χ3v) is 4.11. The van der Waals surface area contributed by atoms with Crippen molar-refractivity contribution >= 4 is 11.3 Å². The van der Waals surface area contributed by atoms with Crippen LogP contribution in [0, 0.1) is 0 Å². The van der Waals surface area contributed by atoms with Crippen LogP contribution in [0.1, 0.15) is 5.69 Å². The van der Waals surface area contributed by atoms with Gasteiger partial charge < -0.3 is 5.32 Å². The lowest BCUT2D eigenvalue weighted by molar-refractivity contribution is 0.0217. The number of nitrogens with one attached hydrogen (secondary N) is 1. The minimum absolute atomic E-state index is 0.792. The maximum atomic E-state index is 4.33. The molecule has 88 valence electrons. The van der Waals surface area contributed by atoms with Gasteiger partial charge in [-0.25, -0.2) is 4.98 Å². The Morgan fingerprint density at radius 1 is 1.38 bits per heavy atom. The summed E-state index contributed by atoms with van der Waals surface area (Å²) in [6.45, 7) is 8.22. The lowest BCUT2D eigenvalue weighted by Crippen LogP contribution is -2.62. The van der Waals surface area contributed by atoms with Crippen LogP contribution in [0.2, 0.25) is 0 Å². The van der Waals surface area contributed by atoms with E-state index in [-0.39, 0.29) is 0 Å². The van der Waals surface area contributed by atoms with Crippen molar-refractivity contribution in [2.45, 2.75) is 12.6 Å². The van der Waals surface area contributed by atoms with Crippen molar-refractivity contribution < 1.29 is 0 Å². The zero-order valence-corrected chi connectivity index (χ0v) is 10.2. The first-order chi connectivity index (χ1) is 7.92. The van der Waals surface area contributed by atoms with E-state index < -0.39 is 0 Å². The number of hydrogen-bond donors (Lipinski definition) is 1. The average Bonchev–Trinajstić information content (AvgIpc) is 2.77. The van der Waals surface area contributed by atoms with Gasteiger partial charge in [0.15, 0.2) is 0 Å². The molecule has 1 N–H and O–H groups in total. The van der Waals surface area contributed by atoms with Gasteiger partial charge >= 0.3 is 0 Å². The Balaban J connectivity index is 1.44. The van der Waals surface area contributed by atoms with E-state index in [9.17, 15) is 0 Å². The lowest BCUT2D eigenvalue weighted by atomic mass is 10.1. The Bertz CT molecular complexity index is 315. The third-order valence-electron chi connectivity index (χ3n) is 3.47. The molecule has 0 aliphatic carbocycles. The summed E-state index contributed by atoms with van der Waals surface area (Å²) >= 11 is 1.69. The molecule has 0 amide bonds. The predicted molar refractivity (Wildman–Crippen MR) is 65.6 cm³/mol. The Morgan fingerprint density at radius 3 is 2.88 bits per heavy atom. The van der Waals surface area contributed by atoms with E-state index >= 15 is 0 Å². The van der Waals surface area contributed by atoms with Crippen LogP contribution in [-0.2, 0) is 6.54 Å². The monoisotopic (exact) mass is 238 g/mol. The molecule has 0 radical (unpaired) electrons. The highest BCUT2D eigenvalue weighted by atomic mass is 32.1. The molecular weight excluding hydrogens is 220 g/mol. The number of aromatic nitrogens is 1. The first-order valence-corrected chi connectivity index (χ1v) is 6.90. The molecule has 16 heavy (non-hydrogen) atoms. The topological polar surface area (TPSA) is 31.4 Å². The number of piperazine rings is 1. The van der Waals surface area contributed by atoms with Crippen LogP contribution in [0.25, 0.3) is 0 Å². The second kappa shape index (κ2) is 4.79. The lowest BCUT2D eigenvalue weighted by Gasteiger charge is -2.46. The van der Waals surface area contributed by atoms with Crippen LogP contribution >= 0.6 is 11.3 Å². The Labute approximate surface area is 100 Å². The number of nitrogens with zero attached hydrogens (tertiary/aromatic N) is 3. The summed E-state index contributed by atoms with van der Waals surface area (Å²) in [7, 11) is 0. The first kappa shape index (κ1) is 10.7. The molecule has 1 aromatic rings. The molecule has 1 aromatic heterocycles. The summed E-state index contributed by atoms with van der Waals surface area (Å²) in [5.74, 6) is 0. The summed E-state index contributed by atoms with van der Waals surface area (Å²) in [6.07, 6.45) is 0. The molecule has 0 spiro atoms. The Hall–Kier alpha value is -0.490. The second-order valence-electron chi connectivity index (χ2n) is 4.61. The van der Waals surface area contributed by atoms with Gasteiger partial charge in [0.05, 0.1) is 11.2 Å². The summed E-state index contributed by atoms with van der Waals surface area (Å²) in [6, 6.07) is 0.792. The van der Waals surface area contributed by atoms with Gasteiger partial charge in [-0.2, -0.15) is 0 Å². The normalized spacial score (nSPS) is 24.5.